The molecule has 0 amide bonds. The van der Waals surface area contributed by atoms with E-state index in [1.54, 1.807) is 0 Å². The van der Waals surface area contributed by atoms with E-state index in [-0.39, 0.29) is 0 Å². The van der Waals surface area contributed by atoms with Gasteiger partial charge in [0.1, 0.15) is 0 Å². The highest BCUT2D eigenvalue weighted by Crippen LogP contribution is 2.18. The van der Waals surface area contributed by atoms with Crippen molar-refractivity contribution in [2.45, 2.75) is 12.8 Å². The molecule has 0 saturated heterocycles. The summed E-state index contributed by atoms with van der Waals surface area (Å²) in [5, 5.41) is 0. The number of allylic oxidation sites excluding steroid dienone is 4. The zero-order valence-electron chi connectivity index (χ0n) is 4.98. The summed E-state index contributed by atoms with van der Waals surface area (Å²) in [5.41, 5.74) is 2.28. The third-order valence-electron chi connectivity index (χ3n) is 1.39. The van der Waals surface area contributed by atoms with Crippen LogP contribution < -0.4 is 0 Å². The topological polar surface area (TPSA) is 0 Å². The van der Waals surface area contributed by atoms with Crippen molar-refractivity contribution in [3.63, 3.8) is 0 Å². The predicted octanol–water partition coefficient (Wildman–Crippen LogP) is 2.45. The first-order chi connectivity index (χ1) is 3.80. The van der Waals surface area contributed by atoms with Crippen molar-refractivity contribution < 1.29 is 0 Å². The second kappa shape index (κ2) is 1.99. The summed E-state index contributed by atoms with van der Waals surface area (Å²) in [6.45, 7) is 7.65. The molecule has 1 rings (SSSR count). The summed E-state index contributed by atoms with van der Waals surface area (Å²) < 4.78 is 0. The van der Waals surface area contributed by atoms with Crippen molar-refractivity contribution in [3.05, 3.63) is 36.5 Å². The summed E-state index contributed by atoms with van der Waals surface area (Å²) in [6.07, 6.45) is 6.40. The van der Waals surface area contributed by atoms with Crippen molar-refractivity contribution in [2.75, 3.05) is 0 Å². The molecule has 1 aliphatic rings. The minimum Gasteiger partial charge on any atom is -0.0952 e. The van der Waals surface area contributed by atoms with Crippen molar-refractivity contribution in [3.8, 4) is 0 Å². The van der Waals surface area contributed by atoms with Crippen molar-refractivity contribution in [2.24, 2.45) is 0 Å². The van der Waals surface area contributed by atoms with Crippen LogP contribution in [0.1, 0.15) is 12.8 Å². The molecule has 0 atom stereocenters. The Bertz CT molecular complexity index is 149. The maximum atomic E-state index is 3.84. The molecule has 0 unspecified atom stereocenters. The molecule has 0 radical (unpaired) electrons. The first-order valence-corrected chi connectivity index (χ1v) is 2.84. The van der Waals surface area contributed by atoms with Gasteiger partial charge in [0, 0.05) is 0 Å². The van der Waals surface area contributed by atoms with Crippen LogP contribution in [-0.2, 0) is 0 Å². The lowest BCUT2D eigenvalue weighted by Gasteiger charge is -2.07. The first-order valence-electron chi connectivity index (χ1n) is 2.84. The largest absolute Gasteiger partial charge is 0.0952 e. The van der Waals surface area contributed by atoms with Gasteiger partial charge in [-0.3, -0.25) is 0 Å². The maximum Gasteiger partial charge on any atom is -0.0244 e. The Morgan fingerprint density at radius 2 is 2.12 bits per heavy atom. The molecule has 0 aromatic carbocycles. The van der Waals surface area contributed by atoms with Gasteiger partial charge in [-0.05, 0) is 24.0 Å². The van der Waals surface area contributed by atoms with Gasteiger partial charge in [0.2, 0.25) is 0 Å². The molecule has 0 spiro atoms. The SMILES string of the molecule is C=C1C=CCCC1=C. The average Bonchev–Trinajstić information content (AvgIpc) is 1.77. The Labute approximate surface area is 50.2 Å². The highest BCUT2D eigenvalue weighted by molar-refractivity contribution is 5.37. The molecular weight excluding hydrogens is 96.1 g/mol. The third kappa shape index (κ3) is 0.890. The smallest absolute Gasteiger partial charge is 0.0244 e. The summed E-state index contributed by atoms with van der Waals surface area (Å²) in [6, 6.07) is 0. The second-order valence-electron chi connectivity index (χ2n) is 2.07. The van der Waals surface area contributed by atoms with Gasteiger partial charge in [0.25, 0.3) is 0 Å². The van der Waals surface area contributed by atoms with Crippen LogP contribution >= 0.6 is 0 Å². The van der Waals surface area contributed by atoms with Crippen LogP contribution in [0.25, 0.3) is 0 Å². The van der Waals surface area contributed by atoms with Crippen LogP contribution in [0.15, 0.2) is 36.5 Å². The van der Waals surface area contributed by atoms with E-state index in [0.29, 0.717) is 0 Å². The quantitative estimate of drug-likeness (QED) is 0.445. The third-order valence-corrected chi connectivity index (χ3v) is 1.39. The summed E-state index contributed by atoms with van der Waals surface area (Å²) >= 11 is 0. The molecule has 0 fully saturated rings. The molecule has 8 heavy (non-hydrogen) atoms. The van der Waals surface area contributed by atoms with Crippen LogP contribution in [0.4, 0.5) is 0 Å². The molecule has 0 nitrogen and oxygen atoms in total. The standard InChI is InChI=1S/C8H10/c1-7-5-3-4-6-8(7)2/h3,5H,1-2,4,6H2. The molecule has 0 saturated carbocycles. The Hall–Kier alpha value is -0.780. The van der Waals surface area contributed by atoms with E-state index in [4.69, 9.17) is 0 Å². The average molecular weight is 106 g/mol. The van der Waals surface area contributed by atoms with Gasteiger partial charge < -0.3 is 0 Å². The minimum absolute atomic E-state index is 1.09. The molecule has 0 heteroatoms. The maximum absolute atomic E-state index is 3.84. The van der Waals surface area contributed by atoms with E-state index >= 15 is 0 Å². The lowest BCUT2D eigenvalue weighted by Crippen LogP contribution is -1.87. The fourth-order valence-electron chi connectivity index (χ4n) is 0.762. The van der Waals surface area contributed by atoms with Gasteiger partial charge in [-0.1, -0.05) is 25.3 Å². The second-order valence-corrected chi connectivity index (χ2v) is 2.07. The zero-order chi connectivity index (χ0) is 5.98. The van der Waals surface area contributed by atoms with Gasteiger partial charge in [-0.25, -0.2) is 0 Å². The summed E-state index contributed by atoms with van der Waals surface area (Å²) in [7, 11) is 0. The van der Waals surface area contributed by atoms with Gasteiger partial charge >= 0.3 is 0 Å². The first kappa shape index (κ1) is 5.36. The monoisotopic (exact) mass is 106 g/mol. The summed E-state index contributed by atoms with van der Waals surface area (Å²) in [5.74, 6) is 0. The molecule has 0 bridgehead atoms. The molecule has 0 N–H and O–H groups in total. The minimum atomic E-state index is 1.09. The summed E-state index contributed by atoms with van der Waals surface area (Å²) in [4.78, 5) is 0. The predicted molar refractivity (Wildman–Crippen MR) is 36.7 cm³/mol. The lowest BCUT2D eigenvalue weighted by atomic mass is 9.99. The van der Waals surface area contributed by atoms with Crippen LogP contribution in [0.5, 0.6) is 0 Å². The molecule has 0 heterocycles. The molecule has 42 valence electrons. The van der Waals surface area contributed by atoms with Gasteiger partial charge in [0.05, 0.1) is 0 Å². The zero-order valence-corrected chi connectivity index (χ0v) is 4.98. The van der Waals surface area contributed by atoms with E-state index in [0.717, 1.165) is 18.4 Å². The Morgan fingerprint density at radius 1 is 1.38 bits per heavy atom. The van der Waals surface area contributed by atoms with E-state index < -0.39 is 0 Å². The van der Waals surface area contributed by atoms with E-state index in [1.165, 1.54) is 5.57 Å². The Morgan fingerprint density at radius 3 is 2.50 bits per heavy atom. The van der Waals surface area contributed by atoms with Crippen molar-refractivity contribution >= 4 is 0 Å². The molecule has 1 aliphatic carbocycles. The molecule has 0 aromatic heterocycles. The Kier molecular flexibility index (Phi) is 1.34. The van der Waals surface area contributed by atoms with E-state index in [1.807, 2.05) is 6.08 Å². The van der Waals surface area contributed by atoms with E-state index in [9.17, 15) is 0 Å². The normalized spacial score (nSPS) is 19.5. The van der Waals surface area contributed by atoms with Gasteiger partial charge in [-0.15, -0.1) is 0 Å². The van der Waals surface area contributed by atoms with Crippen molar-refractivity contribution in [1.82, 2.24) is 0 Å². The molecule has 0 aromatic rings. The number of hydrogen-bond donors (Lipinski definition) is 0. The van der Waals surface area contributed by atoms with Gasteiger partial charge in [0.15, 0.2) is 0 Å². The van der Waals surface area contributed by atoms with E-state index in [2.05, 4.69) is 19.2 Å². The molecule has 0 aliphatic heterocycles. The number of hydrogen-bond acceptors (Lipinski definition) is 0. The lowest BCUT2D eigenvalue weighted by molar-refractivity contribution is 0.975. The fraction of sp³-hybridized carbons (Fsp3) is 0.250. The van der Waals surface area contributed by atoms with Crippen LogP contribution in [-0.4, -0.2) is 0 Å². The van der Waals surface area contributed by atoms with Crippen LogP contribution in [0.3, 0.4) is 0 Å². The number of rotatable bonds is 0. The van der Waals surface area contributed by atoms with Crippen LogP contribution in [0, 0.1) is 0 Å². The highest BCUT2D eigenvalue weighted by Gasteiger charge is 1.98. The molecular formula is C8H10. The Balaban J connectivity index is 2.75. The van der Waals surface area contributed by atoms with Crippen molar-refractivity contribution in [1.29, 1.82) is 0 Å². The fourth-order valence-corrected chi connectivity index (χ4v) is 0.762. The van der Waals surface area contributed by atoms with Gasteiger partial charge in [-0.2, -0.15) is 0 Å². The highest BCUT2D eigenvalue weighted by atomic mass is 14.0. The van der Waals surface area contributed by atoms with Crippen LogP contribution in [0.2, 0.25) is 0 Å².